The van der Waals surface area contributed by atoms with Crippen LogP contribution in [0.4, 0.5) is 10.2 Å². The maximum Gasteiger partial charge on any atom is 0.143 e. The molecule has 0 aliphatic carbocycles. The van der Waals surface area contributed by atoms with Crippen LogP contribution in [0.5, 0.6) is 0 Å². The average Bonchev–Trinajstić information content (AvgIpc) is 2.62. The van der Waals surface area contributed by atoms with Gasteiger partial charge < -0.3 is 9.64 Å². The lowest BCUT2D eigenvalue weighted by atomic mass is 10.1. The van der Waals surface area contributed by atoms with Crippen molar-refractivity contribution in [1.82, 2.24) is 9.97 Å². The monoisotopic (exact) mass is 323 g/mol. The number of hydrogen-bond donors (Lipinski definition) is 0. The van der Waals surface area contributed by atoms with Gasteiger partial charge >= 0.3 is 0 Å². The predicted octanol–water partition coefficient (Wildman–Crippen LogP) is 3.74. The van der Waals surface area contributed by atoms with Crippen molar-refractivity contribution in [2.75, 3.05) is 18.0 Å². The number of hydrogen-bond acceptors (Lipinski definition) is 4. The molecule has 0 saturated carbocycles. The van der Waals surface area contributed by atoms with Crippen molar-refractivity contribution >= 4 is 16.7 Å². The van der Waals surface area contributed by atoms with E-state index in [4.69, 9.17) is 4.74 Å². The van der Waals surface area contributed by atoms with E-state index in [1.807, 2.05) is 31.2 Å². The van der Waals surface area contributed by atoms with E-state index in [1.54, 1.807) is 6.07 Å². The van der Waals surface area contributed by atoms with Crippen LogP contribution in [0.3, 0.4) is 0 Å². The van der Waals surface area contributed by atoms with Gasteiger partial charge in [0.15, 0.2) is 0 Å². The lowest BCUT2D eigenvalue weighted by molar-refractivity contribution is -0.0175. The summed E-state index contributed by atoms with van der Waals surface area (Å²) in [5.41, 5.74) is 1.74. The van der Waals surface area contributed by atoms with E-state index in [2.05, 4.69) is 27.0 Å². The van der Waals surface area contributed by atoms with Crippen molar-refractivity contribution in [3.8, 4) is 0 Å². The summed E-state index contributed by atoms with van der Waals surface area (Å²) < 4.78 is 20.5. The number of morpholine rings is 1. The zero-order valence-corrected chi connectivity index (χ0v) is 13.4. The molecular formula is C19H18FN3O. The fourth-order valence-electron chi connectivity index (χ4n) is 3.27. The first kappa shape index (κ1) is 15.0. The van der Waals surface area contributed by atoms with E-state index in [0.29, 0.717) is 29.8 Å². The van der Waals surface area contributed by atoms with Crippen LogP contribution in [-0.4, -0.2) is 29.2 Å². The quantitative estimate of drug-likeness (QED) is 0.720. The molecule has 3 aromatic rings. The van der Waals surface area contributed by atoms with E-state index >= 15 is 0 Å². The van der Waals surface area contributed by atoms with Crippen molar-refractivity contribution in [3.05, 3.63) is 66.2 Å². The SMILES string of the molecule is C[C@@H]1CN(c2ncnc3cccc(F)c23)C[C@@H](c2ccccc2)O1. The summed E-state index contributed by atoms with van der Waals surface area (Å²) in [5, 5.41) is 0.473. The van der Waals surface area contributed by atoms with Gasteiger partial charge in [-0.2, -0.15) is 0 Å². The number of fused-ring (bicyclic) bond motifs is 1. The molecule has 0 amide bonds. The maximum atomic E-state index is 14.4. The van der Waals surface area contributed by atoms with Crippen molar-refractivity contribution < 1.29 is 9.13 Å². The normalized spacial score (nSPS) is 21.2. The summed E-state index contributed by atoms with van der Waals surface area (Å²) in [5.74, 6) is 0.340. The van der Waals surface area contributed by atoms with Gasteiger partial charge in [-0.3, -0.25) is 0 Å². The minimum absolute atomic E-state index is 0.0285. The van der Waals surface area contributed by atoms with Gasteiger partial charge in [0.05, 0.1) is 17.0 Å². The molecule has 1 aromatic heterocycles. The van der Waals surface area contributed by atoms with E-state index in [-0.39, 0.29) is 18.0 Å². The molecule has 1 fully saturated rings. The fraction of sp³-hybridized carbons (Fsp3) is 0.263. The molecular weight excluding hydrogens is 305 g/mol. The Labute approximate surface area is 139 Å². The van der Waals surface area contributed by atoms with E-state index < -0.39 is 0 Å². The first-order chi connectivity index (χ1) is 11.7. The number of ether oxygens (including phenoxy) is 1. The third-order valence-electron chi connectivity index (χ3n) is 4.32. The molecule has 1 aliphatic heterocycles. The highest BCUT2D eigenvalue weighted by Gasteiger charge is 2.28. The number of anilines is 1. The highest BCUT2D eigenvalue weighted by molar-refractivity contribution is 5.89. The summed E-state index contributed by atoms with van der Waals surface area (Å²) in [6.07, 6.45) is 1.46. The summed E-state index contributed by atoms with van der Waals surface area (Å²) in [6.45, 7) is 3.33. The van der Waals surface area contributed by atoms with Crippen LogP contribution >= 0.6 is 0 Å². The first-order valence-electron chi connectivity index (χ1n) is 8.07. The minimum Gasteiger partial charge on any atom is -0.367 e. The second-order valence-electron chi connectivity index (χ2n) is 6.08. The molecule has 1 saturated heterocycles. The van der Waals surface area contributed by atoms with Gasteiger partial charge in [-0.05, 0) is 24.6 Å². The average molecular weight is 323 g/mol. The summed E-state index contributed by atoms with van der Waals surface area (Å²) in [7, 11) is 0. The molecule has 1 aliphatic rings. The van der Waals surface area contributed by atoms with Gasteiger partial charge in [-0.1, -0.05) is 36.4 Å². The smallest absolute Gasteiger partial charge is 0.143 e. The molecule has 4 nitrogen and oxygen atoms in total. The highest BCUT2D eigenvalue weighted by atomic mass is 19.1. The largest absolute Gasteiger partial charge is 0.367 e. The Hall–Kier alpha value is -2.53. The zero-order valence-electron chi connectivity index (χ0n) is 13.4. The third-order valence-corrected chi connectivity index (χ3v) is 4.32. The number of nitrogens with zero attached hydrogens (tertiary/aromatic N) is 3. The van der Waals surface area contributed by atoms with Gasteiger partial charge in [0, 0.05) is 13.1 Å². The van der Waals surface area contributed by atoms with Crippen LogP contribution in [-0.2, 0) is 4.74 Å². The Morgan fingerprint density at radius 3 is 2.71 bits per heavy atom. The van der Waals surface area contributed by atoms with Crippen molar-refractivity contribution in [2.45, 2.75) is 19.1 Å². The summed E-state index contributed by atoms with van der Waals surface area (Å²) >= 11 is 0. The molecule has 0 radical (unpaired) electrons. The molecule has 5 heteroatoms. The molecule has 2 heterocycles. The lowest BCUT2D eigenvalue weighted by Crippen LogP contribution is -2.43. The maximum absolute atomic E-state index is 14.4. The van der Waals surface area contributed by atoms with Crippen LogP contribution in [0.1, 0.15) is 18.6 Å². The Balaban J connectivity index is 1.74. The number of rotatable bonds is 2. The van der Waals surface area contributed by atoms with Crippen LogP contribution in [0.15, 0.2) is 54.9 Å². The predicted molar refractivity (Wildman–Crippen MR) is 91.4 cm³/mol. The van der Waals surface area contributed by atoms with Gasteiger partial charge in [0.2, 0.25) is 0 Å². The molecule has 0 bridgehead atoms. The summed E-state index contributed by atoms with van der Waals surface area (Å²) in [6, 6.07) is 15.0. The molecule has 122 valence electrons. The number of halogens is 1. The number of aromatic nitrogens is 2. The molecule has 0 unspecified atom stereocenters. The first-order valence-corrected chi connectivity index (χ1v) is 8.07. The zero-order chi connectivity index (χ0) is 16.5. The summed E-state index contributed by atoms with van der Waals surface area (Å²) in [4.78, 5) is 10.7. The van der Waals surface area contributed by atoms with Crippen LogP contribution in [0.25, 0.3) is 10.9 Å². The molecule has 24 heavy (non-hydrogen) atoms. The standard InChI is InChI=1S/C19H18FN3O/c1-13-10-23(11-17(24-13)14-6-3-2-4-7-14)19-18-15(20)8-5-9-16(18)21-12-22-19/h2-9,12-13,17H,10-11H2,1H3/t13-,17+/m1/s1. The molecule has 2 aromatic carbocycles. The van der Waals surface area contributed by atoms with Crippen LogP contribution in [0.2, 0.25) is 0 Å². The Kier molecular flexibility index (Phi) is 3.86. The fourth-order valence-corrected chi connectivity index (χ4v) is 3.27. The molecule has 2 atom stereocenters. The van der Waals surface area contributed by atoms with E-state index in [0.717, 1.165) is 5.56 Å². The van der Waals surface area contributed by atoms with E-state index in [1.165, 1.54) is 12.4 Å². The van der Waals surface area contributed by atoms with E-state index in [9.17, 15) is 4.39 Å². The number of benzene rings is 2. The minimum atomic E-state index is -0.293. The Morgan fingerprint density at radius 2 is 1.88 bits per heavy atom. The van der Waals surface area contributed by atoms with Gasteiger partial charge in [0.1, 0.15) is 24.1 Å². The van der Waals surface area contributed by atoms with Gasteiger partial charge in [-0.25, -0.2) is 14.4 Å². The van der Waals surface area contributed by atoms with Gasteiger partial charge in [-0.15, -0.1) is 0 Å². The molecule has 0 N–H and O–H groups in total. The van der Waals surface area contributed by atoms with Crippen LogP contribution < -0.4 is 4.90 Å². The topological polar surface area (TPSA) is 38.2 Å². The molecule has 4 rings (SSSR count). The highest BCUT2D eigenvalue weighted by Crippen LogP contribution is 2.31. The van der Waals surface area contributed by atoms with Crippen molar-refractivity contribution in [1.29, 1.82) is 0 Å². The second-order valence-corrected chi connectivity index (χ2v) is 6.08. The van der Waals surface area contributed by atoms with Crippen molar-refractivity contribution in [2.24, 2.45) is 0 Å². The van der Waals surface area contributed by atoms with Gasteiger partial charge in [0.25, 0.3) is 0 Å². The Morgan fingerprint density at radius 1 is 1.04 bits per heavy atom. The lowest BCUT2D eigenvalue weighted by Gasteiger charge is -2.38. The van der Waals surface area contributed by atoms with Crippen molar-refractivity contribution in [3.63, 3.8) is 0 Å². The Bertz CT molecular complexity index is 850. The molecule has 0 spiro atoms. The third kappa shape index (κ3) is 2.71. The second kappa shape index (κ2) is 6.17. The van der Waals surface area contributed by atoms with Crippen LogP contribution in [0, 0.1) is 5.82 Å².